The first-order chi connectivity index (χ1) is 7.20. The molecule has 78 valence electrons. The Labute approximate surface area is 90.1 Å². The van der Waals surface area contributed by atoms with Gasteiger partial charge in [0.1, 0.15) is 0 Å². The fourth-order valence-electron chi connectivity index (χ4n) is 1.88. The first kappa shape index (κ1) is 9.97. The van der Waals surface area contributed by atoms with Crippen molar-refractivity contribution in [2.75, 3.05) is 5.73 Å². The Hall–Kier alpha value is -1.57. The lowest BCUT2D eigenvalue weighted by atomic mass is 10.1. The third-order valence-corrected chi connectivity index (χ3v) is 2.57. The average molecular weight is 200 g/mol. The minimum Gasteiger partial charge on any atom is -0.398 e. The smallest absolute Gasteiger partial charge is 0.0726 e. The lowest BCUT2D eigenvalue weighted by molar-refractivity contribution is 0.923. The highest BCUT2D eigenvalue weighted by atomic mass is 14.7. The van der Waals surface area contributed by atoms with Crippen molar-refractivity contribution in [2.24, 2.45) is 0 Å². The van der Waals surface area contributed by atoms with Gasteiger partial charge in [0.25, 0.3) is 0 Å². The van der Waals surface area contributed by atoms with Gasteiger partial charge in [-0.05, 0) is 37.1 Å². The maximum Gasteiger partial charge on any atom is 0.0726 e. The zero-order valence-electron chi connectivity index (χ0n) is 9.25. The van der Waals surface area contributed by atoms with Gasteiger partial charge in [0.2, 0.25) is 0 Å². The van der Waals surface area contributed by atoms with Gasteiger partial charge in [-0.3, -0.25) is 4.98 Å². The van der Waals surface area contributed by atoms with Crippen molar-refractivity contribution in [1.29, 1.82) is 0 Å². The molecule has 0 aliphatic carbocycles. The topological polar surface area (TPSA) is 38.9 Å². The minimum absolute atomic E-state index is 0.829. The molecule has 2 rings (SSSR count). The molecule has 15 heavy (non-hydrogen) atoms. The molecule has 2 heteroatoms. The molecule has 0 atom stereocenters. The Morgan fingerprint density at radius 3 is 2.80 bits per heavy atom. The number of hydrogen-bond donors (Lipinski definition) is 1. The van der Waals surface area contributed by atoms with Gasteiger partial charge in [-0.15, -0.1) is 0 Å². The summed E-state index contributed by atoms with van der Waals surface area (Å²) in [6.45, 7) is 4.15. The van der Waals surface area contributed by atoms with E-state index in [9.17, 15) is 0 Å². The van der Waals surface area contributed by atoms with Crippen LogP contribution in [0.4, 0.5) is 5.69 Å². The number of fused-ring (bicyclic) bond motifs is 1. The Bertz CT molecular complexity index is 489. The van der Waals surface area contributed by atoms with E-state index in [0.29, 0.717) is 0 Å². The molecule has 2 aromatic rings. The first-order valence-electron chi connectivity index (χ1n) is 5.36. The summed E-state index contributed by atoms with van der Waals surface area (Å²) in [6.07, 6.45) is 2.26. The zero-order valence-corrected chi connectivity index (χ0v) is 9.25. The highest BCUT2D eigenvalue weighted by Gasteiger charge is 2.02. The van der Waals surface area contributed by atoms with E-state index in [-0.39, 0.29) is 0 Å². The summed E-state index contributed by atoms with van der Waals surface area (Å²) in [4.78, 5) is 4.46. The fraction of sp³-hybridized carbons (Fsp3) is 0.308. The van der Waals surface area contributed by atoms with Gasteiger partial charge in [0.05, 0.1) is 5.52 Å². The maximum atomic E-state index is 5.98. The molecule has 2 N–H and O–H groups in total. The average Bonchev–Trinajstić information content (AvgIpc) is 2.19. The summed E-state index contributed by atoms with van der Waals surface area (Å²) in [5, 5.41) is 1.08. The number of anilines is 1. The molecule has 0 unspecified atom stereocenters. The van der Waals surface area contributed by atoms with Crippen LogP contribution in [0.2, 0.25) is 0 Å². The van der Waals surface area contributed by atoms with E-state index in [1.165, 1.54) is 5.56 Å². The predicted molar refractivity (Wildman–Crippen MR) is 64.9 cm³/mol. The molecule has 0 radical (unpaired) electrons. The molecule has 0 spiro atoms. The van der Waals surface area contributed by atoms with Crippen molar-refractivity contribution in [1.82, 2.24) is 4.98 Å². The van der Waals surface area contributed by atoms with E-state index in [0.717, 1.165) is 35.1 Å². The van der Waals surface area contributed by atoms with Crippen LogP contribution in [-0.2, 0) is 6.42 Å². The molecule has 0 saturated heterocycles. The lowest BCUT2D eigenvalue weighted by Gasteiger charge is -2.05. The number of pyridine rings is 1. The number of rotatable bonds is 2. The van der Waals surface area contributed by atoms with E-state index in [4.69, 9.17) is 5.73 Å². The van der Waals surface area contributed by atoms with Crippen molar-refractivity contribution in [2.45, 2.75) is 26.7 Å². The highest BCUT2D eigenvalue weighted by Crippen LogP contribution is 2.22. The number of benzene rings is 1. The Morgan fingerprint density at radius 1 is 1.27 bits per heavy atom. The summed E-state index contributed by atoms with van der Waals surface area (Å²) < 4.78 is 0. The monoisotopic (exact) mass is 200 g/mol. The number of nitrogens with zero attached hydrogens (tertiary/aromatic N) is 1. The van der Waals surface area contributed by atoms with Crippen molar-refractivity contribution in [3.05, 3.63) is 35.5 Å². The second kappa shape index (κ2) is 3.89. The van der Waals surface area contributed by atoms with Gasteiger partial charge < -0.3 is 5.73 Å². The van der Waals surface area contributed by atoms with Crippen LogP contribution in [0.15, 0.2) is 24.3 Å². The van der Waals surface area contributed by atoms with Crippen molar-refractivity contribution in [3.63, 3.8) is 0 Å². The van der Waals surface area contributed by atoms with Gasteiger partial charge >= 0.3 is 0 Å². The van der Waals surface area contributed by atoms with Crippen molar-refractivity contribution >= 4 is 16.6 Å². The molecular weight excluding hydrogens is 184 g/mol. The predicted octanol–water partition coefficient (Wildman–Crippen LogP) is 3.08. The summed E-state index contributed by atoms with van der Waals surface area (Å²) >= 11 is 0. The molecule has 1 aromatic heterocycles. The normalized spacial score (nSPS) is 10.8. The fourth-order valence-corrected chi connectivity index (χ4v) is 1.88. The molecule has 1 aromatic carbocycles. The Balaban J connectivity index is 2.60. The number of nitrogen functional groups attached to an aromatic ring is 1. The van der Waals surface area contributed by atoms with Gasteiger partial charge in [-0.2, -0.15) is 0 Å². The molecular formula is C13H16N2. The SMILES string of the molecule is CCCc1ccc2nc(C)cc(N)c2c1. The van der Waals surface area contributed by atoms with Crippen LogP contribution in [0.3, 0.4) is 0 Å². The van der Waals surface area contributed by atoms with Crippen molar-refractivity contribution in [3.8, 4) is 0 Å². The van der Waals surface area contributed by atoms with E-state index in [1.807, 2.05) is 13.0 Å². The molecule has 2 nitrogen and oxygen atoms in total. The number of nitrogens with two attached hydrogens (primary N) is 1. The second-order valence-electron chi connectivity index (χ2n) is 3.95. The highest BCUT2D eigenvalue weighted by molar-refractivity contribution is 5.90. The van der Waals surface area contributed by atoms with Crippen LogP contribution >= 0.6 is 0 Å². The lowest BCUT2D eigenvalue weighted by Crippen LogP contribution is -1.93. The van der Waals surface area contributed by atoms with E-state index < -0.39 is 0 Å². The van der Waals surface area contributed by atoms with Crippen LogP contribution in [-0.4, -0.2) is 4.98 Å². The standard InChI is InChI=1S/C13H16N2/c1-3-4-10-5-6-13-11(8-10)12(14)7-9(2)15-13/h5-8H,3-4H2,1-2H3,(H2,14,15). The first-order valence-corrected chi connectivity index (χ1v) is 5.36. The van der Waals surface area contributed by atoms with Gasteiger partial charge in [0, 0.05) is 16.8 Å². The molecule has 1 heterocycles. The zero-order chi connectivity index (χ0) is 10.8. The van der Waals surface area contributed by atoms with Gasteiger partial charge in [0.15, 0.2) is 0 Å². The third kappa shape index (κ3) is 1.94. The number of aromatic nitrogens is 1. The van der Waals surface area contributed by atoms with Crippen LogP contribution in [0, 0.1) is 6.92 Å². The molecule has 0 aliphatic rings. The van der Waals surface area contributed by atoms with Crippen LogP contribution in [0.1, 0.15) is 24.6 Å². The summed E-state index contributed by atoms with van der Waals surface area (Å²) in [7, 11) is 0. The van der Waals surface area contributed by atoms with Crippen LogP contribution in [0.5, 0.6) is 0 Å². The minimum atomic E-state index is 0.829. The van der Waals surface area contributed by atoms with Gasteiger partial charge in [-0.25, -0.2) is 0 Å². The van der Waals surface area contributed by atoms with Crippen LogP contribution < -0.4 is 5.73 Å². The molecule has 0 amide bonds. The quantitative estimate of drug-likeness (QED) is 0.809. The van der Waals surface area contributed by atoms with E-state index in [2.05, 4.69) is 30.1 Å². The Kier molecular flexibility index (Phi) is 2.58. The van der Waals surface area contributed by atoms with Crippen LogP contribution in [0.25, 0.3) is 10.9 Å². The molecule has 0 bridgehead atoms. The summed E-state index contributed by atoms with van der Waals surface area (Å²) in [5.41, 5.74) is 10.1. The number of aryl methyl sites for hydroxylation is 2. The second-order valence-corrected chi connectivity index (χ2v) is 3.95. The van der Waals surface area contributed by atoms with E-state index in [1.54, 1.807) is 0 Å². The molecule has 0 saturated carbocycles. The maximum absolute atomic E-state index is 5.98. The Morgan fingerprint density at radius 2 is 2.07 bits per heavy atom. The largest absolute Gasteiger partial charge is 0.398 e. The summed E-state index contributed by atoms with van der Waals surface area (Å²) in [5.74, 6) is 0. The molecule has 0 fully saturated rings. The van der Waals surface area contributed by atoms with Crippen molar-refractivity contribution < 1.29 is 0 Å². The number of hydrogen-bond acceptors (Lipinski definition) is 2. The molecule has 0 aliphatic heterocycles. The third-order valence-electron chi connectivity index (χ3n) is 2.57. The van der Waals surface area contributed by atoms with Gasteiger partial charge in [-0.1, -0.05) is 19.4 Å². The summed E-state index contributed by atoms with van der Waals surface area (Å²) in [6, 6.07) is 8.28. The van der Waals surface area contributed by atoms with E-state index >= 15 is 0 Å².